The van der Waals surface area contributed by atoms with Gasteiger partial charge in [-0.15, -0.1) is 0 Å². The molecule has 2 rings (SSSR count). The third-order valence-electron chi connectivity index (χ3n) is 4.21. The molecule has 0 amide bonds. The lowest BCUT2D eigenvalue weighted by Gasteiger charge is -2.49. The maximum atomic E-state index is 9.73. The zero-order valence-electron chi connectivity index (χ0n) is 9.88. The first kappa shape index (κ1) is 11.7. The van der Waals surface area contributed by atoms with Crippen molar-refractivity contribution in [2.75, 3.05) is 24.7 Å². The quantitative estimate of drug-likeness (QED) is 0.772. The van der Waals surface area contributed by atoms with Crippen molar-refractivity contribution in [3.8, 4) is 0 Å². The molecular formula is C12H23NOS. The van der Waals surface area contributed by atoms with E-state index in [2.05, 4.69) is 19.2 Å². The van der Waals surface area contributed by atoms with Crippen molar-refractivity contribution in [2.45, 2.75) is 38.6 Å². The van der Waals surface area contributed by atoms with Gasteiger partial charge in [0.25, 0.3) is 0 Å². The fourth-order valence-corrected chi connectivity index (χ4v) is 4.01. The van der Waals surface area contributed by atoms with E-state index in [1.54, 1.807) is 0 Å². The van der Waals surface area contributed by atoms with Crippen LogP contribution >= 0.6 is 11.8 Å². The minimum atomic E-state index is -0.0431. The molecule has 1 heterocycles. The van der Waals surface area contributed by atoms with Gasteiger partial charge in [-0.1, -0.05) is 13.8 Å². The van der Waals surface area contributed by atoms with Gasteiger partial charge in [-0.3, -0.25) is 0 Å². The number of aliphatic hydroxyl groups excluding tert-OH is 1. The highest BCUT2D eigenvalue weighted by Gasteiger charge is 2.46. The standard InChI is InChI=1S/C12H23NOS/c1-11(2)5-6-15-9-12(11,8-14)13-7-10-3-4-10/h10,13-14H,3-9H2,1-2H3. The Morgan fingerprint density at radius 2 is 2.13 bits per heavy atom. The molecule has 1 atom stereocenters. The van der Waals surface area contributed by atoms with Crippen LogP contribution in [0.4, 0.5) is 0 Å². The summed E-state index contributed by atoms with van der Waals surface area (Å²) in [6.07, 6.45) is 3.96. The first-order chi connectivity index (χ1) is 7.10. The summed E-state index contributed by atoms with van der Waals surface area (Å²) in [7, 11) is 0. The van der Waals surface area contributed by atoms with Gasteiger partial charge in [0.05, 0.1) is 12.1 Å². The topological polar surface area (TPSA) is 32.3 Å². The minimum absolute atomic E-state index is 0.0431. The van der Waals surface area contributed by atoms with E-state index >= 15 is 0 Å². The largest absolute Gasteiger partial charge is 0.394 e. The highest BCUT2D eigenvalue weighted by molar-refractivity contribution is 7.99. The minimum Gasteiger partial charge on any atom is -0.394 e. The molecule has 0 aromatic carbocycles. The molecule has 0 aromatic rings. The van der Waals surface area contributed by atoms with E-state index in [-0.39, 0.29) is 17.6 Å². The molecule has 2 fully saturated rings. The Morgan fingerprint density at radius 3 is 2.67 bits per heavy atom. The van der Waals surface area contributed by atoms with Crippen molar-refractivity contribution in [1.29, 1.82) is 0 Å². The summed E-state index contributed by atoms with van der Waals surface area (Å²) in [5.74, 6) is 3.18. The van der Waals surface area contributed by atoms with E-state index < -0.39 is 0 Å². The average molecular weight is 229 g/mol. The van der Waals surface area contributed by atoms with E-state index in [0.29, 0.717) is 0 Å². The van der Waals surface area contributed by atoms with E-state index in [1.165, 1.54) is 25.0 Å². The normalized spacial score (nSPS) is 35.4. The summed E-state index contributed by atoms with van der Waals surface area (Å²) in [5, 5.41) is 13.4. The summed E-state index contributed by atoms with van der Waals surface area (Å²) in [6.45, 7) is 5.97. The van der Waals surface area contributed by atoms with Crippen LogP contribution in [0.5, 0.6) is 0 Å². The number of thioether (sulfide) groups is 1. The van der Waals surface area contributed by atoms with Gasteiger partial charge in [-0.2, -0.15) is 11.8 Å². The average Bonchev–Trinajstić information content (AvgIpc) is 3.00. The lowest BCUT2D eigenvalue weighted by atomic mass is 9.71. The monoisotopic (exact) mass is 229 g/mol. The molecule has 1 saturated heterocycles. The van der Waals surface area contributed by atoms with Crippen LogP contribution in [-0.4, -0.2) is 35.3 Å². The molecule has 1 saturated carbocycles. The van der Waals surface area contributed by atoms with Gasteiger partial charge in [0, 0.05) is 5.75 Å². The molecule has 88 valence electrons. The highest BCUT2D eigenvalue weighted by Crippen LogP contribution is 2.42. The van der Waals surface area contributed by atoms with Gasteiger partial charge in [-0.25, -0.2) is 0 Å². The number of rotatable bonds is 4. The first-order valence-corrected chi connectivity index (χ1v) is 7.19. The molecule has 1 unspecified atom stereocenters. The molecule has 2 nitrogen and oxygen atoms in total. The van der Waals surface area contributed by atoms with E-state index in [4.69, 9.17) is 0 Å². The first-order valence-electron chi connectivity index (χ1n) is 6.03. The number of hydrogen-bond acceptors (Lipinski definition) is 3. The Kier molecular flexibility index (Phi) is 3.34. The van der Waals surface area contributed by atoms with Crippen LogP contribution in [0.3, 0.4) is 0 Å². The fraction of sp³-hybridized carbons (Fsp3) is 1.00. The molecule has 0 radical (unpaired) electrons. The van der Waals surface area contributed by atoms with Crippen LogP contribution < -0.4 is 5.32 Å². The zero-order chi connectivity index (χ0) is 10.9. The predicted octanol–water partition coefficient (Wildman–Crippen LogP) is 1.88. The zero-order valence-corrected chi connectivity index (χ0v) is 10.7. The number of hydrogen-bond donors (Lipinski definition) is 2. The second-order valence-corrected chi connectivity index (χ2v) is 6.86. The maximum absolute atomic E-state index is 9.73. The van der Waals surface area contributed by atoms with Crippen LogP contribution in [0.1, 0.15) is 33.1 Å². The van der Waals surface area contributed by atoms with Crippen molar-refractivity contribution in [3.05, 3.63) is 0 Å². The van der Waals surface area contributed by atoms with Crippen molar-refractivity contribution < 1.29 is 5.11 Å². The van der Waals surface area contributed by atoms with Crippen LogP contribution in [-0.2, 0) is 0 Å². The second-order valence-electron chi connectivity index (χ2n) is 5.75. The molecule has 0 spiro atoms. The summed E-state index contributed by atoms with van der Waals surface area (Å²) < 4.78 is 0. The third-order valence-corrected chi connectivity index (χ3v) is 5.40. The Labute approximate surface area is 97.2 Å². The Balaban J connectivity index is 2.01. The van der Waals surface area contributed by atoms with Gasteiger partial charge in [0.2, 0.25) is 0 Å². The van der Waals surface area contributed by atoms with Crippen molar-refractivity contribution in [1.82, 2.24) is 5.32 Å². The smallest absolute Gasteiger partial charge is 0.0626 e. The van der Waals surface area contributed by atoms with Crippen LogP contribution in [0, 0.1) is 11.3 Å². The second kappa shape index (κ2) is 4.27. The molecule has 1 aliphatic heterocycles. The van der Waals surface area contributed by atoms with Gasteiger partial charge in [0.15, 0.2) is 0 Å². The summed E-state index contributed by atoms with van der Waals surface area (Å²) in [5.41, 5.74) is 0.181. The highest BCUT2D eigenvalue weighted by atomic mass is 32.2. The Hall–Kier alpha value is 0.270. The predicted molar refractivity (Wildman–Crippen MR) is 66.3 cm³/mol. The molecule has 2 N–H and O–H groups in total. The third kappa shape index (κ3) is 2.34. The summed E-state index contributed by atoms with van der Waals surface area (Å²) in [6, 6.07) is 0. The molecule has 2 aliphatic rings. The van der Waals surface area contributed by atoms with Crippen molar-refractivity contribution >= 4 is 11.8 Å². The van der Waals surface area contributed by atoms with Crippen molar-refractivity contribution in [2.24, 2.45) is 11.3 Å². The lowest BCUT2D eigenvalue weighted by molar-refractivity contribution is 0.0596. The molecule has 15 heavy (non-hydrogen) atoms. The van der Waals surface area contributed by atoms with E-state index in [0.717, 1.165) is 18.2 Å². The summed E-state index contributed by atoms with van der Waals surface area (Å²) in [4.78, 5) is 0. The lowest BCUT2D eigenvalue weighted by Crippen LogP contribution is -2.63. The molecule has 1 aliphatic carbocycles. The van der Waals surface area contributed by atoms with E-state index in [1.807, 2.05) is 11.8 Å². The molecular weight excluding hydrogens is 206 g/mol. The van der Waals surface area contributed by atoms with Crippen LogP contribution in [0.2, 0.25) is 0 Å². The summed E-state index contributed by atoms with van der Waals surface area (Å²) >= 11 is 1.98. The van der Waals surface area contributed by atoms with Gasteiger partial charge in [-0.05, 0) is 42.9 Å². The van der Waals surface area contributed by atoms with Crippen molar-refractivity contribution in [3.63, 3.8) is 0 Å². The maximum Gasteiger partial charge on any atom is 0.0626 e. The Morgan fingerprint density at radius 1 is 1.40 bits per heavy atom. The van der Waals surface area contributed by atoms with Crippen LogP contribution in [0.15, 0.2) is 0 Å². The molecule has 0 aromatic heterocycles. The number of aliphatic hydroxyl groups is 1. The van der Waals surface area contributed by atoms with Gasteiger partial charge < -0.3 is 10.4 Å². The molecule has 0 bridgehead atoms. The Bertz CT molecular complexity index is 228. The number of nitrogens with one attached hydrogen (secondary N) is 1. The van der Waals surface area contributed by atoms with Gasteiger partial charge >= 0.3 is 0 Å². The van der Waals surface area contributed by atoms with Gasteiger partial charge in [0.1, 0.15) is 0 Å². The molecule has 3 heteroatoms. The van der Waals surface area contributed by atoms with E-state index in [9.17, 15) is 5.11 Å². The SMILES string of the molecule is CC1(C)CCSCC1(CO)NCC1CC1. The van der Waals surface area contributed by atoms with Crippen LogP contribution in [0.25, 0.3) is 0 Å². The fourth-order valence-electron chi connectivity index (χ4n) is 2.28.